The molecule has 1 heterocycles. The molecular formula is C13H15BrN2O3. The lowest BCUT2D eigenvalue weighted by molar-refractivity contribution is -0.143. The lowest BCUT2D eigenvalue weighted by atomic mass is 9.81. The molecule has 1 aliphatic carbocycles. The lowest BCUT2D eigenvalue weighted by Crippen LogP contribution is -2.31. The van der Waals surface area contributed by atoms with Gasteiger partial charge in [-0.05, 0) is 47.3 Å². The van der Waals surface area contributed by atoms with Gasteiger partial charge >= 0.3 is 5.97 Å². The van der Waals surface area contributed by atoms with Gasteiger partial charge in [-0.25, -0.2) is 4.98 Å². The smallest absolute Gasteiger partial charge is 0.306 e. The van der Waals surface area contributed by atoms with Crippen LogP contribution in [0.3, 0.4) is 0 Å². The molecule has 1 amide bonds. The second kappa shape index (κ2) is 6.14. The Morgan fingerprint density at radius 1 is 1.32 bits per heavy atom. The third-order valence-corrected chi connectivity index (χ3v) is 3.84. The van der Waals surface area contributed by atoms with Gasteiger partial charge < -0.3 is 10.4 Å². The molecule has 5 nitrogen and oxygen atoms in total. The first-order valence-corrected chi connectivity index (χ1v) is 7.01. The highest BCUT2D eigenvalue weighted by Crippen LogP contribution is 2.30. The van der Waals surface area contributed by atoms with Crippen LogP contribution >= 0.6 is 15.9 Å². The van der Waals surface area contributed by atoms with Crippen LogP contribution in [-0.2, 0) is 9.59 Å². The summed E-state index contributed by atoms with van der Waals surface area (Å²) in [6.45, 7) is 0. The van der Waals surface area contributed by atoms with Gasteiger partial charge in [0.15, 0.2) is 0 Å². The number of anilines is 1. The van der Waals surface area contributed by atoms with E-state index in [0.717, 1.165) is 17.3 Å². The van der Waals surface area contributed by atoms with Gasteiger partial charge in [-0.3, -0.25) is 9.59 Å². The Balaban J connectivity index is 1.96. The number of amides is 1. The van der Waals surface area contributed by atoms with Gasteiger partial charge in [-0.15, -0.1) is 0 Å². The Kier molecular flexibility index (Phi) is 4.52. The molecule has 2 atom stereocenters. The first-order chi connectivity index (χ1) is 9.06. The standard InChI is InChI=1S/C13H15BrN2O3/c14-10-4-5-11(15-7-10)16-12(17)8-2-1-3-9(6-8)13(18)19/h4-5,7-9H,1-3,6H2,(H,18,19)(H,15,16,17). The Bertz CT molecular complexity index is 475. The van der Waals surface area contributed by atoms with Gasteiger partial charge in [0.1, 0.15) is 5.82 Å². The number of halogens is 1. The molecule has 1 fully saturated rings. The minimum atomic E-state index is -0.806. The fourth-order valence-corrected chi connectivity index (χ4v) is 2.56. The van der Waals surface area contributed by atoms with Gasteiger partial charge in [-0.2, -0.15) is 0 Å². The number of nitrogens with zero attached hydrogens (tertiary/aromatic N) is 1. The maximum Gasteiger partial charge on any atom is 0.306 e. The summed E-state index contributed by atoms with van der Waals surface area (Å²) in [4.78, 5) is 27.1. The SMILES string of the molecule is O=C(O)C1CCCC(C(=O)Nc2ccc(Br)cn2)C1. The van der Waals surface area contributed by atoms with Crippen molar-refractivity contribution in [2.24, 2.45) is 11.8 Å². The zero-order valence-electron chi connectivity index (χ0n) is 10.3. The zero-order chi connectivity index (χ0) is 13.8. The van der Waals surface area contributed by atoms with E-state index in [1.807, 2.05) is 0 Å². The number of rotatable bonds is 3. The molecule has 1 aliphatic rings. The van der Waals surface area contributed by atoms with E-state index < -0.39 is 11.9 Å². The molecule has 1 aromatic rings. The van der Waals surface area contributed by atoms with Crippen molar-refractivity contribution < 1.29 is 14.7 Å². The number of hydrogen-bond acceptors (Lipinski definition) is 3. The highest BCUT2D eigenvalue weighted by Gasteiger charge is 2.31. The van der Waals surface area contributed by atoms with E-state index in [0.29, 0.717) is 18.7 Å². The highest BCUT2D eigenvalue weighted by atomic mass is 79.9. The van der Waals surface area contributed by atoms with Crippen molar-refractivity contribution in [3.05, 3.63) is 22.8 Å². The minimum Gasteiger partial charge on any atom is -0.481 e. The van der Waals surface area contributed by atoms with Crippen molar-refractivity contribution >= 4 is 33.6 Å². The monoisotopic (exact) mass is 326 g/mol. The fourth-order valence-electron chi connectivity index (χ4n) is 2.33. The van der Waals surface area contributed by atoms with Gasteiger partial charge in [0.2, 0.25) is 5.91 Å². The van der Waals surface area contributed by atoms with Crippen molar-refractivity contribution in [1.82, 2.24) is 4.98 Å². The molecule has 2 unspecified atom stereocenters. The average Bonchev–Trinajstić information content (AvgIpc) is 2.41. The second-order valence-electron chi connectivity index (χ2n) is 4.75. The summed E-state index contributed by atoms with van der Waals surface area (Å²) >= 11 is 3.27. The van der Waals surface area contributed by atoms with Gasteiger partial charge in [0.25, 0.3) is 0 Å². The van der Waals surface area contributed by atoms with Crippen LogP contribution in [0.15, 0.2) is 22.8 Å². The van der Waals surface area contributed by atoms with E-state index in [1.165, 1.54) is 0 Å². The van der Waals surface area contributed by atoms with Crippen LogP contribution in [0.5, 0.6) is 0 Å². The van der Waals surface area contributed by atoms with Crippen LogP contribution in [0.1, 0.15) is 25.7 Å². The number of nitrogens with one attached hydrogen (secondary N) is 1. The van der Waals surface area contributed by atoms with Gasteiger partial charge in [0, 0.05) is 16.6 Å². The molecule has 102 valence electrons. The molecule has 1 saturated carbocycles. The number of carbonyl (C=O) groups excluding carboxylic acids is 1. The molecule has 1 aromatic heterocycles. The van der Waals surface area contributed by atoms with Crippen LogP contribution in [0.4, 0.5) is 5.82 Å². The Morgan fingerprint density at radius 3 is 2.68 bits per heavy atom. The predicted molar refractivity (Wildman–Crippen MR) is 73.7 cm³/mol. The Labute approximate surface area is 119 Å². The van der Waals surface area contributed by atoms with Crippen molar-refractivity contribution in [1.29, 1.82) is 0 Å². The third kappa shape index (κ3) is 3.76. The zero-order valence-corrected chi connectivity index (χ0v) is 11.9. The number of aromatic nitrogens is 1. The lowest BCUT2D eigenvalue weighted by Gasteiger charge is -2.25. The first kappa shape index (κ1) is 14.0. The second-order valence-corrected chi connectivity index (χ2v) is 5.67. The van der Waals surface area contributed by atoms with Crippen molar-refractivity contribution in [2.45, 2.75) is 25.7 Å². The molecule has 0 bridgehead atoms. The summed E-state index contributed by atoms with van der Waals surface area (Å²) in [5.41, 5.74) is 0. The number of carboxylic acids is 1. The average molecular weight is 327 g/mol. The van der Waals surface area contributed by atoms with E-state index in [9.17, 15) is 9.59 Å². The summed E-state index contributed by atoms with van der Waals surface area (Å²) in [5.74, 6) is -1.09. The molecule has 19 heavy (non-hydrogen) atoms. The molecule has 0 aromatic carbocycles. The van der Waals surface area contributed by atoms with Gasteiger partial charge in [0.05, 0.1) is 5.92 Å². The fraction of sp³-hybridized carbons (Fsp3) is 0.462. The van der Waals surface area contributed by atoms with Crippen molar-refractivity contribution in [2.75, 3.05) is 5.32 Å². The third-order valence-electron chi connectivity index (χ3n) is 3.37. The van der Waals surface area contributed by atoms with Crippen LogP contribution in [0.25, 0.3) is 0 Å². The van der Waals surface area contributed by atoms with E-state index in [1.54, 1.807) is 18.3 Å². The van der Waals surface area contributed by atoms with Crippen LogP contribution in [0.2, 0.25) is 0 Å². The predicted octanol–water partition coefficient (Wildman–Crippen LogP) is 2.67. The van der Waals surface area contributed by atoms with Crippen molar-refractivity contribution in [3.63, 3.8) is 0 Å². The molecule has 0 spiro atoms. The van der Waals surface area contributed by atoms with Crippen LogP contribution < -0.4 is 5.32 Å². The van der Waals surface area contributed by atoms with E-state index in [4.69, 9.17) is 5.11 Å². The molecule has 0 saturated heterocycles. The van der Waals surface area contributed by atoms with Crippen LogP contribution in [0, 0.1) is 11.8 Å². The maximum atomic E-state index is 12.1. The topological polar surface area (TPSA) is 79.3 Å². The van der Waals surface area contributed by atoms with E-state index in [-0.39, 0.29) is 11.8 Å². The van der Waals surface area contributed by atoms with Crippen molar-refractivity contribution in [3.8, 4) is 0 Å². The normalized spacial score (nSPS) is 22.8. The quantitative estimate of drug-likeness (QED) is 0.894. The summed E-state index contributed by atoms with van der Waals surface area (Å²) in [7, 11) is 0. The molecular weight excluding hydrogens is 312 g/mol. The Morgan fingerprint density at radius 2 is 2.05 bits per heavy atom. The summed E-state index contributed by atoms with van der Waals surface area (Å²) < 4.78 is 0.842. The summed E-state index contributed by atoms with van der Waals surface area (Å²) in [5, 5.41) is 11.7. The number of pyridine rings is 1. The molecule has 0 radical (unpaired) electrons. The largest absolute Gasteiger partial charge is 0.481 e. The molecule has 6 heteroatoms. The summed E-state index contributed by atoms with van der Waals surface area (Å²) in [6.07, 6.45) is 4.21. The summed E-state index contributed by atoms with van der Waals surface area (Å²) in [6, 6.07) is 3.50. The van der Waals surface area contributed by atoms with E-state index in [2.05, 4.69) is 26.2 Å². The number of carbonyl (C=O) groups is 2. The minimum absolute atomic E-state index is 0.138. The number of carboxylic acid groups (broad SMARTS) is 1. The molecule has 2 rings (SSSR count). The number of hydrogen-bond donors (Lipinski definition) is 2. The maximum absolute atomic E-state index is 12.1. The molecule has 0 aliphatic heterocycles. The number of aliphatic carboxylic acids is 1. The first-order valence-electron chi connectivity index (χ1n) is 6.21. The Hall–Kier alpha value is -1.43. The van der Waals surface area contributed by atoms with E-state index >= 15 is 0 Å². The van der Waals surface area contributed by atoms with Gasteiger partial charge in [-0.1, -0.05) is 6.42 Å². The highest BCUT2D eigenvalue weighted by molar-refractivity contribution is 9.10. The van der Waals surface area contributed by atoms with Crippen LogP contribution in [-0.4, -0.2) is 22.0 Å². The molecule has 2 N–H and O–H groups in total.